The molecule has 0 aliphatic carbocycles. The van der Waals surface area contributed by atoms with E-state index in [9.17, 15) is 0 Å². The third-order valence-electron chi connectivity index (χ3n) is 3.79. The molecule has 0 radical (unpaired) electrons. The molecule has 0 saturated carbocycles. The summed E-state index contributed by atoms with van der Waals surface area (Å²) >= 11 is 0. The minimum absolute atomic E-state index is 0.371. The first kappa shape index (κ1) is 13.4. The first-order chi connectivity index (χ1) is 8.67. The largest absolute Gasteiger partial charge is 0.496 e. The third-order valence-corrected chi connectivity index (χ3v) is 3.79. The molecule has 0 aromatic heterocycles. The minimum atomic E-state index is 0.371. The standard InChI is InChI=1S/C15H23NO2/c1-10-7-13(8-11(2)15(10)17-4)14(16-3)12-5-6-18-9-12/h7-8,12,14,16H,5-6,9H2,1-4H3. The van der Waals surface area contributed by atoms with Gasteiger partial charge in [-0.15, -0.1) is 0 Å². The lowest BCUT2D eigenvalue weighted by molar-refractivity contribution is 0.178. The second-order valence-corrected chi connectivity index (χ2v) is 5.08. The highest BCUT2D eigenvalue weighted by Crippen LogP contribution is 2.33. The van der Waals surface area contributed by atoms with Crippen molar-refractivity contribution >= 4 is 0 Å². The quantitative estimate of drug-likeness (QED) is 0.889. The molecule has 0 amide bonds. The Labute approximate surface area is 109 Å². The van der Waals surface area contributed by atoms with Crippen LogP contribution in [0.3, 0.4) is 0 Å². The normalized spacial score (nSPS) is 21.0. The van der Waals surface area contributed by atoms with Crippen LogP contribution in [0.5, 0.6) is 5.75 Å². The molecule has 2 unspecified atom stereocenters. The van der Waals surface area contributed by atoms with Gasteiger partial charge in [0.15, 0.2) is 0 Å². The molecule has 0 spiro atoms. The maximum absolute atomic E-state index is 5.50. The zero-order valence-electron chi connectivity index (χ0n) is 11.7. The lowest BCUT2D eigenvalue weighted by Gasteiger charge is -2.24. The van der Waals surface area contributed by atoms with Crippen LogP contribution in [0, 0.1) is 19.8 Å². The van der Waals surface area contributed by atoms with Gasteiger partial charge >= 0.3 is 0 Å². The fourth-order valence-corrected chi connectivity index (χ4v) is 2.98. The Morgan fingerprint density at radius 1 is 1.33 bits per heavy atom. The van der Waals surface area contributed by atoms with Crippen LogP contribution in [0.25, 0.3) is 0 Å². The van der Waals surface area contributed by atoms with E-state index in [1.165, 1.54) is 16.7 Å². The fraction of sp³-hybridized carbons (Fsp3) is 0.600. The Morgan fingerprint density at radius 2 is 2.00 bits per heavy atom. The van der Waals surface area contributed by atoms with Crippen molar-refractivity contribution in [2.45, 2.75) is 26.3 Å². The molecule has 1 aromatic rings. The van der Waals surface area contributed by atoms with Gasteiger partial charge in [0, 0.05) is 18.6 Å². The molecule has 2 atom stereocenters. The van der Waals surface area contributed by atoms with E-state index in [4.69, 9.17) is 9.47 Å². The van der Waals surface area contributed by atoms with Gasteiger partial charge in [-0.05, 0) is 44.0 Å². The number of hydrogen-bond acceptors (Lipinski definition) is 3. The second-order valence-electron chi connectivity index (χ2n) is 5.08. The Morgan fingerprint density at radius 3 is 2.44 bits per heavy atom. The lowest BCUT2D eigenvalue weighted by Crippen LogP contribution is -2.25. The predicted octanol–water partition coefficient (Wildman–Crippen LogP) is 2.61. The first-order valence-electron chi connectivity index (χ1n) is 6.57. The average Bonchev–Trinajstić information content (AvgIpc) is 2.83. The third kappa shape index (κ3) is 2.52. The van der Waals surface area contributed by atoms with Crippen molar-refractivity contribution in [2.75, 3.05) is 27.4 Å². The topological polar surface area (TPSA) is 30.5 Å². The van der Waals surface area contributed by atoms with Crippen molar-refractivity contribution in [1.29, 1.82) is 0 Å². The van der Waals surface area contributed by atoms with Crippen molar-refractivity contribution in [3.63, 3.8) is 0 Å². The van der Waals surface area contributed by atoms with Crippen molar-refractivity contribution in [2.24, 2.45) is 5.92 Å². The molecule has 1 N–H and O–H groups in total. The number of nitrogens with one attached hydrogen (secondary N) is 1. The summed E-state index contributed by atoms with van der Waals surface area (Å²) < 4.78 is 10.9. The predicted molar refractivity (Wildman–Crippen MR) is 73.2 cm³/mol. The molecule has 3 nitrogen and oxygen atoms in total. The van der Waals surface area contributed by atoms with E-state index in [0.29, 0.717) is 12.0 Å². The van der Waals surface area contributed by atoms with E-state index in [-0.39, 0.29) is 0 Å². The molecule has 0 bridgehead atoms. The summed E-state index contributed by atoms with van der Waals surface area (Å²) in [5.41, 5.74) is 3.74. The number of aryl methyl sites for hydroxylation is 2. The van der Waals surface area contributed by atoms with Gasteiger partial charge in [0.25, 0.3) is 0 Å². The zero-order chi connectivity index (χ0) is 13.1. The number of rotatable bonds is 4. The van der Waals surface area contributed by atoms with Crippen LogP contribution in [0.2, 0.25) is 0 Å². The molecule has 1 aliphatic rings. The zero-order valence-corrected chi connectivity index (χ0v) is 11.7. The summed E-state index contributed by atoms with van der Waals surface area (Å²) in [6.07, 6.45) is 1.13. The fourth-order valence-electron chi connectivity index (χ4n) is 2.98. The molecule has 1 heterocycles. The SMILES string of the molecule is CNC(c1cc(C)c(OC)c(C)c1)C1CCOC1. The van der Waals surface area contributed by atoms with E-state index >= 15 is 0 Å². The lowest BCUT2D eigenvalue weighted by atomic mass is 9.90. The van der Waals surface area contributed by atoms with Gasteiger partial charge in [-0.3, -0.25) is 0 Å². The average molecular weight is 249 g/mol. The van der Waals surface area contributed by atoms with E-state index in [1.54, 1.807) is 7.11 Å². The van der Waals surface area contributed by atoms with Crippen molar-refractivity contribution in [1.82, 2.24) is 5.32 Å². The number of ether oxygens (including phenoxy) is 2. The summed E-state index contributed by atoms with van der Waals surface area (Å²) in [6.45, 7) is 5.95. The van der Waals surface area contributed by atoms with Gasteiger partial charge in [0.1, 0.15) is 5.75 Å². The smallest absolute Gasteiger partial charge is 0.124 e. The number of hydrogen-bond donors (Lipinski definition) is 1. The summed E-state index contributed by atoms with van der Waals surface area (Å²) in [7, 11) is 3.76. The van der Waals surface area contributed by atoms with E-state index in [2.05, 4.69) is 31.3 Å². The molecule has 2 rings (SSSR count). The second kappa shape index (κ2) is 5.72. The van der Waals surface area contributed by atoms with Gasteiger partial charge in [0.05, 0.1) is 13.7 Å². The summed E-state index contributed by atoms with van der Waals surface area (Å²) in [4.78, 5) is 0. The first-order valence-corrected chi connectivity index (χ1v) is 6.57. The monoisotopic (exact) mass is 249 g/mol. The van der Waals surface area contributed by atoms with Gasteiger partial charge in [-0.1, -0.05) is 12.1 Å². The highest BCUT2D eigenvalue weighted by Gasteiger charge is 2.26. The Balaban J connectivity index is 2.30. The molecule has 1 fully saturated rings. The van der Waals surface area contributed by atoms with Crippen molar-refractivity contribution < 1.29 is 9.47 Å². The van der Waals surface area contributed by atoms with E-state index in [1.807, 2.05) is 7.05 Å². The van der Waals surface area contributed by atoms with Crippen LogP contribution in [0.4, 0.5) is 0 Å². The summed E-state index contributed by atoms with van der Waals surface area (Å²) in [5.74, 6) is 1.57. The minimum Gasteiger partial charge on any atom is -0.496 e. The molecule has 100 valence electrons. The Kier molecular flexibility index (Phi) is 4.25. The maximum Gasteiger partial charge on any atom is 0.124 e. The van der Waals surface area contributed by atoms with Gasteiger partial charge < -0.3 is 14.8 Å². The van der Waals surface area contributed by atoms with Gasteiger partial charge in [-0.2, -0.15) is 0 Å². The Bertz CT molecular complexity index is 388. The highest BCUT2D eigenvalue weighted by atomic mass is 16.5. The molecule has 1 aromatic carbocycles. The van der Waals surface area contributed by atoms with Crippen LogP contribution < -0.4 is 10.1 Å². The van der Waals surface area contributed by atoms with Crippen LogP contribution in [-0.2, 0) is 4.74 Å². The van der Waals surface area contributed by atoms with Crippen LogP contribution in [-0.4, -0.2) is 27.4 Å². The highest BCUT2D eigenvalue weighted by molar-refractivity contribution is 5.44. The molecule has 18 heavy (non-hydrogen) atoms. The molecule has 3 heteroatoms. The van der Waals surface area contributed by atoms with Crippen molar-refractivity contribution in [3.05, 3.63) is 28.8 Å². The van der Waals surface area contributed by atoms with Crippen LogP contribution in [0.15, 0.2) is 12.1 Å². The molecule has 1 saturated heterocycles. The molecular formula is C15H23NO2. The summed E-state index contributed by atoms with van der Waals surface area (Å²) in [5, 5.41) is 3.43. The maximum atomic E-state index is 5.50. The summed E-state index contributed by atoms with van der Waals surface area (Å²) in [6, 6.07) is 4.83. The Hall–Kier alpha value is -1.06. The van der Waals surface area contributed by atoms with E-state index < -0.39 is 0 Å². The van der Waals surface area contributed by atoms with E-state index in [0.717, 1.165) is 25.4 Å². The number of methoxy groups -OCH3 is 1. The van der Waals surface area contributed by atoms with Gasteiger partial charge in [-0.25, -0.2) is 0 Å². The number of benzene rings is 1. The van der Waals surface area contributed by atoms with Gasteiger partial charge in [0.2, 0.25) is 0 Å². The van der Waals surface area contributed by atoms with Crippen molar-refractivity contribution in [3.8, 4) is 5.75 Å². The van der Waals surface area contributed by atoms with Crippen LogP contribution >= 0.6 is 0 Å². The molecular weight excluding hydrogens is 226 g/mol. The molecule has 1 aliphatic heterocycles. The van der Waals surface area contributed by atoms with Crippen LogP contribution in [0.1, 0.15) is 29.2 Å².